The zero-order chi connectivity index (χ0) is 21.9. The number of hydrogen-bond donors (Lipinski definition) is 2. The molecule has 3 rings (SSSR count). The molecule has 2 aromatic rings. The lowest BCUT2D eigenvalue weighted by atomic mass is 9.87. The van der Waals surface area contributed by atoms with Gasteiger partial charge in [0.25, 0.3) is 5.91 Å². The van der Waals surface area contributed by atoms with Crippen molar-refractivity contribution >= 4 is 17.5 Å². The molecular weight excluding hydrogens is 378 g/mol. The van der Waals surface area contributed by atoms with Gasteiger partial charge in [0, 0.05) is 24.8 Å². The molecule has 0 aliphatic carbocycles. The van der Waals surface area contributed by atoms with Gasteiger partial charge >= 0.3 is 0 Å². The van der Waals surface area contributed by atoms with Gasteiger partial charge in [0.2, 0.25) is 5.91 Å². The van der Waals surface area contributed by atoms with Gasteiger partial charge in [0.05, 0.1) is 6.04 Å². The molecule has 1 aromatic heterocycles. The highest BCUT2D eigenvalue weighted by Gasteiger charge is 2.28. The third-order valence-electron chi connectivity index (χ3n) is 5.77. The molecule has 30 heavy (non-hydrogen) atoms. The zero-order valence-electron chi connectivity index (χ0n) is 18.6. The number of carbonyl (C=O) groups excluding carboxylic acids is 2. The third-order valence-corrected chi connectivity index (χ3v) is 5.77. The van der Waals surface area contributed by atoms with E-state index in [0.29, 0.717) is 5.76 Å². The van der Waals surface area contributed by atoms with Crippen LogP contribution in [0.5, 0.6) is 0 Å². The molecule has 2 amide bonds. The van der Waals surface area contributed by atoms with Crippen molar-refractivity contribution in [3.05, 3.63) is 53.5 Å². The molecule has 0 radical (unpaired) electrons. The quantitative estimate of drug-likeness (QED) is 0.777. The summed E-state index contributed by atoms with van der Waals surface area (Å²) in [6.07, 6.45) is 1.62. The van der Waals surface area contributed by atoms with E-state index >= 15 is 0 Å². The van der Waals surface area contributed by atoms with Crippen LogP contribution in [0.3, 0.4) is 0 Å². The fourth-order valence-electron chi connectivity index (χ4n) is 3.71. The van der Waals surface area contributed by atoms with Gasteiger partial charge < -0.3 is 15.1 Å². The largest absolute Gasteiger partial charge is 0.456 e. The first-order chi connectivity index (χ1) is 14.1. The van der Waals surface area contributed by atoms with Crippen LogP contribution in [0.1, 0.15) is 62.4 Å². The number of benzene rings is 1. The van der Waals surface area contributed by atoms with Crippen LogP contribution < -0.4 is 10.6 Å². The predicted molar refractivity (Wildman–Crippen MR) is 119 cm³/mol. The average Bonchev–Trinajstić information content (AvgIpc) is 3.14. The molecule has 0 saturated carbocycles. The number of rotatable bonds is 5. The van der Waals surface area contributed by atoms with Crippen molar-refractivity contribution in [2.75, 3.05) is 18.4 Å². The molecule has 1 fully saturated rings. The number of nitrogens with zero attached hydrogens (tertiary/aromatic N) is 1. The Bertz CT molecular complexity index is 872. The standard InChI is InChI=1S/C24H33N3O3/c1-16-6-11-21(30-16)23(29)26-20-12-14-27(15-13-20)17(2)22(28)25-19-9-7-18(8-10-19)24(3,4)5/h6-11,17,20H,12-15H2,1-5H3,(H,25,28)(H,26,29). The van der Waals surface area contributed by atoms with Gasteiger partial charge in [-0.05, 0) is 61.9 Å². The van der Waals surface area contributed by atoms with Crippen molar-refractivity contribution < 1.29 is 14.0 Å². The SMILES string of the molecule is Cc1ccc(C(=O)NC2CCN(C(C)C(=O)Nc3ccc(C(C)(C)C)cc3)CC2)o1. The smallest absolute Gasteiger partial charge is 0.287 e. The number of hydrogen-bond acceptors (Lipinski definition) is 4. The second kappa shape index (κ2) is 9.04. The van der Waals surface area contributed by atoms with E-state index in [4.69, 9.17) is 4.42 Å². The lowest BCUT2D eigenvalue weighted by molar-refractivity contribution is -0.121. The third kappa shape index (κ3) is 5.51. The number of anilines is 1. The topological polar surface area (TPSA) is 74.6 Å². The molecule has 6 nitrogen and oxygen atoms in total. The Kier molecular flexibility index (Phi) is 6.66. The Labute approximate surface area is 179 Å². The van der Waals surface area contributed by atoms with E-state index in [1.165, 1.54) is 5.56 Å². The maximum Gasteiger partial charge on any atom is 0.287 e. The summed E-state index contributed by atoms with van der Waals surface area (Å²) in [6, 6.07) is 11.4. The molecular formula is C24H33N3O3. The minimum atomic E-state index is -0.225. The van der Waals surface area contributed by atoms with Crippen LogP contribution in [0.15, 0.2) is 40.8 Å². The highest BCUT2D eigenvalue weighted by molar-refractivity contribution is 5.94. The summed E-state index contributed by atoms with van der Waals surface area (Å²) >= 11 is 0. The van der Waals surface area contributed by atoms with Crippen LogP contribution >= 0.6 is 0 Å². The van der Waals surface area contributed by atoms with E-state index in [1.54, 1.807) is 12.1 Å². The van der Waals surface area contributed by atoms with Gasteiger partial charge in [-0.3, -0.25) is 14.5 Å². The first kappa shape index (κ1) is 22.1. The summed E-state index contributed by atoms with van der Waals surface area (Å²) in [4.78, 5) is 27.1. The van der Waals surface area contributed by atoms with Crippen molar-refractivity contribution in [1.29, 1.82) is 0 Å². The van der Waals surface area contributed by atoms with Crippen molar-refractivity contribution in [1.82, 2.24) is 10.2 Å². The number of nitrogens with one attached hydrogen (secondary N) is 2. The molecule has 0 spiro atoms. The Hall–Kier alpha value is -2.60. The second-order valence-electron chi connectivity index (χ2n) is 9.19. The van der Waals surface area contributed by atoms with Crippen LogP contribution in [0.25, 0.3) is 0 Å². The lowest BCUT2D eigenvalue weighted by Gasteiger charge is -2.35. The van der Waals surface area contributed by atoms with Gasteiger partial charge in [0.1, 0.15) is 5.76 Å². The molecule has 1 saturated heterocycles. The Morgan fingerprint density at radius 1 is 1.07 bits per heavy atom. The summed E-state index contributed by atoms with van der Waals surface area (Å²) in [5, 5.41) is 6.06. The van der Waals surface area contributed by atoms with Gasteiger partial charge in [0.15, 0.2) is 5.76 Å². The summed E-state index contributed by atoms with van der Waals surface area (Å²) < 4.78 is 5.38. The van der Waals surface area contributed by atoms with Crippen LogP contribution in [-0.4, -0.2) is 41.9 Å². The monoisotopic (exact) mass is 411 g/mol. The maximum absolute atomic E-state index is 12.7. The Balaban J connectivity index is 1.47. The molecule has 1 aliphatic rings. The second-order valence-corrected chi connectivity index (χ2v) is 9.19. The highest BCUT2D eigenvalue weighted by atomic mass is 16.3. The summed E-state index contributed by atoms with van der Waals surface area (Å²) in [7, 11) is 0. The van der Waals surface area contributed by atoms with Crippen molar-refractivity contribution in [3.63, 3.8) is 0 Å². The number of piperidine rings is 1. The number of furan rings is 1. The first-order valence-corrected chi connectivity index (χ1v) is 10.7. The van der Waals surface area contributed by atoms with Crippen molar-refractivity contribution in [2.24, 2.45) is 0 Å². The minimum absolute atomic E-state index is 0.00736. The number of amides is 2. The van der Waals surface area contributed by atoms with E-state index in [1.807, 2.05) is 26.0 Å². The predicted octanol–water partition coefficient (Wildman–Crippen LogP) is 4.11. The number of carbonyl (C=O) groups is 2. The number of aryl methyl sites for hydroxylation is 1. The van der Waals surface area contributed by atoms with E-state index in [0.717, 1.165) is 37.4 Å². The summed E-state index contributed by atoms with van der Waals surface area (Å²) in [6.45, 7) is 11.8. The average molecular weight is 412 g/mol. The molecule has 2 heterocycles. The highest BCUT2D eigenvalue weighted by Crippen LogP contribution is 2.24. The summed E-state index contributed by atoms with van der Waals surface area (Å²) in [5.74, 6) is 0.890. The van der Waals surface area contributed by atoms with E-state index < -0.39 is 0 Å². The normalized spacial score (nSPS) is 16.8. The summed E-state index contributed by atoms with van der Waals surface area (Å²) in [5.41, 5.74) is 2.14. The van der Waals surface area contributed by atoms with Crippen LogP contribution in [0.2, 0.25) is 0 Å². The zero-order valence-corrected chi connectivity index (χ0v) is 18.6. The van der Waals surface area contributed by atoms with Gasteiger partial charge in [-0.15, -0.1) is 0 Å². The van der Waals surface area contributed by atoms with E-state index in [-0.39, 0.29) is 29.3 Å². The van der Waals surface area contributed by atoms with Gasteiger partial charge in [-0.25, -0.2) is 0 Å². The van der Waals surface area contributed by atoms with Crippen molar-refractivity contribution in [2.45, 2.75) is 65.0 Å². The van der Waals surface area contributed by atoms with Gasteiger partial charge in [-0.1, -0.05) is 32.9 Å². The first-order valence-electron chi connectivity index (χ1n) is 10.7. The van der Waals surface area contributed by atoms with E-state index in [9.17, 15) is 9.59 Å². The number of likely N-dealkylation sites (tertiary alicyclic amines) is 1. The fourth-order valence-corrected chi connectivity index (χ4v) is 3.71. The van der Waals surface area contributed by atoms with Crippen LogP contribution in [-0.2, 0) is 10.2 Å². The van der Waals surface area contributed by atoms with E-state index in [2.05, 4.69) is 48.4 Å². The Morgan fingerprint density at radius 2 is 1.70 bits per heavy atom. The maximum atomic E-state index is 12.7. The molecule has 1 aromatic carbocycles. The fraction of sp³-hybridized carbons (Fsp3) is 0.500. The van der Waals surface area contributed by atoms with Gasteiger partial charge in [-0.2, -0.15) is 0 Å². The molecule has 2 N–H and O–H groups in total. The molecule has 1 unspecified atom stereocenters. The molecule has 0 bridgehead atoms. The lowest BCUT2D eigenvalue weighted by Crippen LogP contribution is -2.50. The Morgan fingerprint density at radius 3 is 2.23 bits per heavy atom. The van der Waals surface area contributed by atoms with Crippen molar-refractivity contribution in [3.8, 4) is 0 Å². The molecule has 6 heteroatoms. The minimum Gasteiger partial charge on any atom is -0.456 e. The molecule has 1 atom stereocenters. The van der Waals surface area contributed by atoms with Crippen LogP contribution in [0.4, 0.5) is 5.69 Å². The van der Waals surface area contributed by atoms with Crippen LogP contribution in [0, 0.1) is 6.92 Å². The molecule has 1 aliphatic heterocycles. The molecule has 162 valence electrons.